The Hall–Kier alpha value is -0.660. The number of carbonyl (C=O) groups is 1. The quantitative estimate of drug-likeness (QED) is 0.757. The highest BCUT2D eigenvalue weighted by molar-refractivity contribution is 7.92. The SMILES string of the molecule is CC(C)(C)S(=O)(=O)CCN1CCC(OCCC(=O)O)CC1. The van der Waals surface area contributed by atoms with Gasteiger partial charge < -0.3 is 14.7 Å². The minimum Gasteiger partial charge on any atom is -0.481 e. The molecule has 1 aliphatic heterocycles. The van der Waals surface area contributed by atoms with Gasteiger partial charge in [0.2, 0.25) is 0 Å². The van der Waals surface area contributed by atoms with Crippen molar-refractivity contribution in [3.05, 3.63) is 0 Å². The molecule has 124 valence electrons. The van der Waals surface area contributed by atoms with E-state index < -0.39 is 20.6 Å². The van der Waals surface area contributed by atoms with Crippen molar-refractivity contribution in [2.24, 2.45) is 0 Å². The molecule has 0 atom stereocenters. The molecule has 0 aromatic carbocycles. The predicted octanol–water partition coefficient (Wildman–Crippen LogP) is 1.16. The Kier molecular flexibility index (Phi) is 6.62. The topological polar surface area (TPSA) is 83.9 Å². The van der Waals surface area contributed by atoms with Crippen molar-refractivity contribution in [2.45, 2.75) is 50.9 Å². The molecule has 21 heavy (non-hydrogen) atoms. The summed E-state index contributed by atoms with van der Waals surface area (Å²) in [5.74, 6) is -0.666. The molecule has 1 heterocycles. The Balaban J connectivity index is 2.26. The number of aliphatic carboxylic acids is 1. The summed E-state index contributed by atoms with van der Waals surface area (Å²) < 4.78 is 28.9. The third kappa shape index (κ3) is 6.32. The zero-order valence-electron chi connectivity index (χ0n) is 13.2. The number of ether oxygens (including phenoxy) is 1. The first-order valence-corrected chi connectivity index (χ1v) is 9.05. The lowest BCUT2D eigenvalue weighted by molar-refractivity contribution is -0.138. The molecular weight excluding hydrogens is 294 g/mol. The van der Waals surface area contributed by atoms with Crippen molar-refractivity contribution in [3.8, 4) is 0 Å². The molecule has 0 aromatic rings. The molecule has 0 aliphatic carbocycles. The van der Waals surface area contributed by atoms with Crippen LogP contribution in [0.2, 0.25) is 0 Å². The van der Waals surface area contributed by atoms with Crippen molar-refractivity contribution in [1.82, 2.24) is 4.90 Å². The fraction of sp³-hybridized carbons (Fsp3) is 0.929. The van der Waals surface area contributed by atoms with Gasteiger partial charge in [-0.05, 0) is 33.6 Å². The zero-order chi connectivity index (χ0) is 16.1. The highest BCUT2D eigenvalue weighted by Crippen LogP contribution is 2.18. The van der Waals surface area contributed by atoms with E-state index in [2.05, 4.69) is 4.90 Å². The van der Waals surface area contributed by atoms with E-state index in [1.54, 1.807) is 20.8 Å². The molecule has 0 unspecified atom stereocenters. The van der Waals surface area contributed by atoms with Crippen LogP contribution >= 0.6 is 0 Å². The number of carboxylic acid groups (broad SMARTS) is 1. The van der Waals surface area contributed by atoms with Crippen LogP contribution in [0.5, 0.6) is 0 Å². The monoisotopic (exact) mass is 321 g/mol. The predicted molar refractivity (Wildman–Crippen MR) is 81.2 cm³/mol. The largest absolute Gasteiger partial charge is 0.481 e. The van der Waals surface area contributed by atoms with Crippen LogP contribution in [0.25, 0.3) is 0 Å². The van der Waals surface area contributed by atoms with Gasteiger partial charge in [-0.3, -0.25) is 4.79 Å². The molecule has 0 radical (unpaired) electrons. The number of carboxylic acids is 1. The van der Waals surface area contributed by atoms with Crippen molar-refractivity contribution < 1.29 is 23.1 Å². The second kappa shape index (κ2) is 7.56. The van der Waals surface area contributed by atoms with E-state index in [1.165, 1.54) is 0 Å². The first-order valence-electron chi connectivity index (χ1n) is 7.40. The number of piperidine rings is 1. The third-order valence-electron chi connectivity index (χ3n) is 3.81. The third-order valence-corrected chi connectivity index (χ3v) is 6.40. The molecule has 1 fully saturated rings. The van der Waals surface area contributed by atoms with E-state index in [4.69, 9.17) is 9.84 Å². The molecule has 1 N–H and O–H groups in total. The van der Waals surface area contributed by atoms with Gasteiger partial charge in [0.25, 0.3) is 0 Å². The Morgan fingerprint density at radius 3 is 2.33 bits per heavy atom. The minimum absolute atomic E-state index is 0.0318. The van der Waals surface area contributed by atoms with Crippen LogP contribution in [0.4, 0.5) is 0 Å². The van der Waals surface area contributed by atoms with Crippen LogP contribution in [0, 0.1) is 0 Å². The van der Waals surface area contributed by atoms with Crippen molar-refractivity contribution in [2.75, 3.05) is 32.0 Å². The molecule has 0 saturated carbocycles. The van der Waals surface area contributed by atoms with Gasteiger partial charge in [0.05, 0.1) is 29.6 Å². The van der Waals surface area contributed by atoms with Gasteiger partial charge in [-0.1, -0.05) is 0 Å². The Morgan fingerprint density at radius 2 is 1.86 bits per heavy atom. The lowest BCUT2D eigenvalue weighted by Crippen LogP contribution is -2.41. The number of nitrogens with zero attached hydrogens (tertiary/aromatic N) is 1. The van der Waals surface area contributed by atoms with Gasteiger partial charge >= 0.3 is 5.97 Å². The summed E-state index contributed by atoms with van der Waals surface area (Å²) in [6.45, 7) is 7.59. The molecule has 0 aromatic heterocycles. The van der Waals surface area contributed by atoms with Crippen LogP contribution in [0.3, 0.4) is 0 Å². The van der Waals surface area contributed by atoms with Gasteiger partial charge in [-0.25, -0.2) is 8.42 Å². The second-order valence-corrected chi connectivity index (χ2v) is 9.35. The van der Waals surface area contributed by atoms with Crippen LogP contribution in [0.1, 0.15) is 40.0 Å². The average molecular weight is 321 g/mol. The molecule has 1 aliphatic rings. The lowest BCUT2D eigenvalue weighted by atomic mass is 10.1. The van der Waals surface area contributed by atoms with Gasteiger partial charge in [0, 0.05) is 19.6 Å². The van der Waals surface area contributed by atoms with E-state index in [-0.39, 0.29) is 24.9 Å². The maximum Gasteiger partial charge on any atom is 0.305 e. The van der Waals surface area contributed by atoms with Gasteiger partial charge in [-0.15, -0.1) is 0 Å². The summed E-state index contributed by atoms with van der Waals surface area (Å²) in [5.41, 5.74) is 0. The van der Waals surface area contributed by atoms with Gasteiger partial charge in [0.1, 0.15) is 0 Å². The van der Waals surface area contributed by atoms with E-state index in [0.29, 0.717) is 6.54 Å². The highest BCUT2D eigenvalue weighted by Gasteiger charge is 2.29. The number of hydrogen-bond donors (Lipinski definition) is 1. The smallest absolute Gasteiger partial charge is 0.305 e. The minimum atomic E-state index is -3.07. The first-order chi connectivity index (χ1) is 9.62. The maximum atomic E-state index is 12.1. The van der Waals surface area contributed by atoms with E-state index in [9.17, 15) is 13.2 Å². The molecule has 1 saturated heterocycles. The first kappa shape index (κ1) is 18.4. The molecule has 0 bridgehead atoms. The molecule has 0 spiro atoms. The normalized spacial score (nSPS) is 18.8. The van der Waals surface area contributed by atoms with E-state index in [1.807, 2.05) is 0 Å². The van der Waals surface area contributed by atoms with E-state index >= 15 is 0 Å². The summed E-state index contributed by atoms with van der Waals surface area (Å²) >= 11 is 0. The Labute approximate surface area is 127 Å². The Morgan fingerprint density at radius 1 is 1.29 bits per heavy atom. The van der Waals surface area contributed by atoms with Crippen molar-refractivity contribution in [1.29, 1.82) is 0 Å². The summed E-state index contributed by atoms with van der Waals surface area (Å²) in [6, 6.07) is 0. The van der Waals surface area contributed by atoms with Crippen LogP contribution in [0.15, 0.2) is 0 Å². The molecule has 1 rings (SSSR count). The maximum absolute atomic E-state index is 12.1. The highest BCUT2D eigenvalue weighted by atomic mass is 32.2. The lowest BCUT2D eigenvalue weighted by Gasteiger charge is -2.32. The zero-order valence-corrected chi connectivity index (χ0v) is 14.0. The summed E-state index contributed by atoms with van der Waals surface area (Å²) in [7, 11) is -3.07. The molecule has 7 heteroatoms. The van der Waals surface area contributed by atoms with Crippen LogP contribution in [-0.2, 0) is 19.4 Å². The molecule has 0 amide bonds. The number of rotatable bonds is 7. The number of hydrogen-bond acceptors (Lipinski definition) is 5. The standard InChI is InChI=1S/C14H27NO5S/c1-14(2,3)21(18,19)11-9-15-7-4-12(5-8-15)20-10-6-13(16)17/h12H,4-11H2,1-3H3,(H,16,17). The van der Waals surface area contributed by atoms with E-state index in [0.717, 1.165) is 25.9 Å². The van der Waals surface area contributed by atoms with Gasteiger partial charge in [0.15, 0.2) is 9.84 Å². The molecule has 6 nitrogen and oxygen atoms in total. The van der Waals surface area contributed by atoms with Crippen LogP contribution in [-0.4, -0.2) is 67.2 Å². The van der Waals surface area contributed by atoms with Crippen molar-refractivity contribution >= 4 is 15.8 Å². The fourth-order valence-corrected chi connectivity index (χ4v) is 3.28. The second-order valence-electron chi connectivity index (χ2n) is 6.49. The fourth-order valence-electron chi connectivity index (χ4n) is 2.17. The number of sulfone groups is 1. The summed E-state index contributed by atoms with van der Waals surface area (Å²) in [5, 5.41) is 8.55. The van der Waals surface area contributed by atoms with Gasteiger partial charge in [-0.2, -0.15) is 0 Å². The summed E-state index contributed by atoms with van der Waals surface area (Å²) in [4.78, 5) is 12.5. The van der Waals surface area contributed by atoms with Crippen molar-refractivity contribution in [3.63, 3.8) is 0 Å². The summed E-state index contributed by atoms with van der Waals surface area (Å²) in [6.07, 6.45) is 1.79. The molecular formula is C14H27NO5S. The average Bonchev–Trinajstić information content (AvgIpc) is 2.36. The Bertz CT molecular complexity index is 433. The van der Waals surface area contributed by atoms with Crippen LogP contribution < -0.4 is 0 Å². The number of likely N-dealkylation sites (tertiary alicyclic amines) is 1.